The number of anilines is 1. The minimum atomic E-state index is -0.424. The molecule has 2 amide bonds. The van der Waals surface area contributed by atoms with Crippen molar-refractivity contribution in [3.63, 3.8) is 0 Å². The van der Waals surface area contributed by atoms with Gasteiger partial charge >= 0.3 is 5.97 Å². The molecular formula is C20H33N3O4S. The van der Waals surface area contributed by atoms with E-state index in [0.717, 1.165) is 12.0 Å². The van der Waals surface area contributed by atoms with Crippen LogP contribution in [-0.2, 0) is 20.7 Å². The van der Waals surface area contributed by atoms with Gasteiger partial charge in [-0.1, -0.05) is 13.8 Å². The molecule has 158 valence electrons. The Morgan fingerprint density at radius 2 is 1.79 bits per heavy atom. The summed E-state index contributed by atoms with van der Waals surface area (Å²) >= 11 is 1.32. The van der Waals surface area contributed by atoms with Gasteiger partial charge in [-0.05, 0) is 58.0 Å². The Morgan fingerprint density at radius 1 is 1.18 bits per heavy atom. The van der Waals surface area contributed by atoms with Crippen molar-refractivity contribution in [3.8, 4) is 0 Å². The highest BCUT2D eigenvalue weighted by Gasteiger charge is 2.23. The Labute approximate surface area is 171 Å². The second-order valence-electron chi connectivity index (χ2n) is 8.30. The summed E-state index contributed by atoms with van der Waals surface area (Å²) in [6.07, 6.45) is 0.730. The van der Waals surface area contributed by atoms with Crippen molar-refractivity contribution in [2.75, 3.05) is 32.1 Å². The molecule has 1 rings (SSSR count). The Bertz CT molecular complexity index is 692. The number of carbonyl (C=O) groups excluding carboxylic acids is 3. The van der Waals surface area contributed by atoms with Crippen LogP contribution in [0.25, 0.3) is 0 Å². The van der Waals surface area contributed by atoms with E-state index in [1.165, 1.54) is 11.3 Å². The zero-order valence-electron chi connectivity index (χ0n) is 18.0. The molecule has 0 unspecified atom stereocenters. The second-order valence-corrected chi connectivity index (χ2v) is 9.18. The molecule has 0 aliphatic heterocycles. The molecule has 28 heavy (non-hydrogen) atoms. The fourth-order valence-electron chi connectivity index (χ4n) is 2.67. The van der Waals surface area contributed by atoms with Gasteiger partial charge in [-0.15, -0.1) is 11.3 Å². The summed E-state index contributed by atoms with van der Waals surface area (Å²) in [6.45, 7) is 12.0. The van der Waals surface area contributed by atoms with E-state index < -0.39 is 5.97 Å². The van der Waals surface area contributed by atoms with Crippen LogP contribution in [0.1, 0.15) is 57.5 Å². The largest absolute Gasteiger partial charge is 0.462 e. The first-order valence-corrected chi connectivity index (χ1v) is 10.4. The van der Waals surface area contributed by atoms with Gasteiger partial charge in [0.05, 0.1) is 25.3 Å². The summed E-state index contributed by atoms with van der Waals surface area (Å²) in [5.74, 6) is -0.480. The number of nitrogens with one attached hydrogen (secondary N) is 2. The van der Waals surface area contributed by atoms with E-state index in [-0.39, 0.29) is 37.0 Å². The molecule has 1 aromatic heterocycles. The minimum Gasteiger partial charge on any atom is -0.462 e. The fourth-order valence-corrected chi connectivity index (χ4v) is 3.65. The summed E-state index contributed by atoms with van der Waals surface area (Å²) < 4.78 is 5.16. The highest BCUT2D eigenvalue weighted by atomic mass is 32.1. The Kier molecular flexibility index (Phi) is 9.10. The molecule has 2 N–H and O–H groups in total. The molecule has 0 fully saturated rings. The zero-order chi connectivity index (χ0) is 21.5. The summed E-state index contributed by atoms with van der Waals surface area (Å²) in [5, 5.41) is 8.05. The standard InChI is InChI=1S/C20H33N3O4S/c1-8-27-19(26)17-14(9-13(2)3)12-28-18(17)21-15(24)10-23(7)11-16(25)22-20(4,5)6/h12-13H,8-11H2,1-7H3,(H,21,24)(H,22,25). The van der Waals surface area contributed by atoms with Crippen molar-refractivity contribution < 1.29 is 19.1 Å². The van der Waals surface area contributed by atoms with Crippen molar-refractivity contribution >= 4 is 34.1 Å². The fraction of sp³-hybridized carbons (Fsp3) is 0.650. The maximum atomic E-state index is 12.4. The van der Waals surface area contributed by atoms with Crippen molar-refractivity contribution in [1.82, 2.24) is 10.2 Å². The lowest BCUT2D eigenvalue weighted by Gasteiger charge is -2.23. The number of esters is 1. The van der Waals surface area contributed by atoms with Gasteiger partial charge in [0, 0.05) is 5.54 Å². The van der Waals surface area contributed by atoms with Crippen LogP contribution < -0.4 is 10.6 Å². The van der Waals surface area contributed by atoms with Crippen molar-refractivity contribution in [2.45, 2.75) is 53.5 Å². The van der Waals surface area contributed by atoms with Crippen molar-refractivity contribution in [3.05, 3.63) is 16.5 Å². The number of hydrogen-bond donors (Lipinski definition) is 2. The predicted octanol–water partition coefficient (Wildman–Crippen LogP) is 2.91. The minimum absolute atomic E-state index is 0.0389. The molecule has 0 saturated carbocycles. The number of ether oxygens (including phenoxy) is 1. The lowest BCUT2D eigenvalue weighted by Crippen LogP contribution is -2.46. The Balaban J connectivity index is 2.78. The number of amides is 2. The van der Waals surface area contributed by atoms with Crippen LogP contribution >= 0.6 is 11.3 Å². The van der Waals surface area contributed by atoms with Gasteiger partial charge in [-0.25, -0.2) is 4.79 Å². The monoisotopic (exact) mass is 411 g/mol. The number of nitrogens with zero attached hydrogens (tertiary/aromatic N) is 1. The Morgan fingerprint density at radius 3 is 2.32 bits per heavy atom. The maximum Gasteiger partial charge on any atom is 0.341 e. The van der Waals surface area contributed by atoms with Crippen LogP contribution in [0.2, 0.25) is 0 Å². The molecule has 0 saturated heterocycles. The van der Waals surface area contributed by atoms with Gasteiger partial charge in [-0.3, -0.25) is 14.5 Å². The maximum absolute atomic E-state index is 12.4. The average molecular weight is 412 g/mol. The van der Waals surface area contributed by atoms with Gasteiger partial charge in [0.2, 0.25) is 11.8 Å². The van der Waals surface area contributed by atoms with Crippen LogP contribution in [0.5, 0.6) is 0 Å². The molecule has 0 radical (unpaired) electrons. The van der Waals surface area contributed by atoms with E-state index in [2.05, 4.69) is 24.5 Å². The van der Waals surface area contributed by atoms with E-state index in [1.54, 1.807) is 18.9 Å². The van der Waals surface area contributed by atoms with Gasteiger partial charge in [0.15, 0.2) is 0 Å². The van der Waals surface area contributed by atoms with Crippen LogP contribution in [0.3, 0.4) is 0 Å². The summed E-state index contributed by atoms with van der Waals surface area (Å²) in [4.78, 5) is 38.4. The predicted molar refractivity (Wildman–Crippen MR) is 113 cm³/mol. The quantitative estimate of drug-likeness (QED) is 0.610. The summed E-state index contributed by atoms with van der Waals surface area (Å²) in [6, 6.07) is 0. The average Bonchev–Trinajstić information content (AvgIpc) is 2.86. The first-order valence-electron chi connectivity index (χ1n) is 9.49. The Hall–Kier alpha value is -1.93. The van der Waals surface area contributed by atoms with Crippen LogP contribution in [0, 0.1) is 5.92 Å². The normalized spacial score (nSPS) is 11.6. The molecule has 1 aromatic rings. The van der Waals surface area contributed by atoms with Crippen LogP contribution in [0.4, 0.5) is 5.00 Å². The molecule has 0 aliphatic rings. The molecule has 7 nitrogen and oxygen atoms in total. The molecule has 0 spiro atoms. The number of rotatable bonds is 9. The van der Waals surface area contributed by atoms with E-state index in [9.17, 15) is 14.4 Å². The third-order valence-electron chi connectivity index (χ3n) is 3.57. The molecular weight excluding hydrogens is 378 g/mol. The molecule has 0 aliphatic carbocycles. The number of carbonyl (C=O) groups is 3. The van der Waals surface area contributed by atoms with Crippen LogP contribution in [0.15, 0.2) is 5.38 Å². The van der Waals surface area contributed by atoms with Crippen LogP contribution in [-0.4, -0.2) is 55.0 Å². The van der Waals surface area contributed by atoms with Crippen molar-refractivity contribution in [2.24, 2.45) is 5.92 Å². The summed E-state index contributed by atoms with van der Waals surface area (Å²) in [7, 11) is 1.70. The number of thiophene rings is 1. The zero-order valence-corrected chi connectivity index (χ0v) is 18.8. The van der Waals surface area contributed by atoms with E-state index >= 15 is 0 Å². The van der Waals surface area contributed by atoms with Gasteiger partial charge < -0.3 is 15.4 Å². The number of likely N-dealkylation sites (N-methyl/N-ethyl adjacent to an activating group) is 1. The van der Waals surface area contributed by atoms with Gasteiger partial charge in [-0.2, -0.15) is 0 Å². The van der Waals surface area contributed by atoms with E-state index in [1.807, 2.05) is 26.2 Å². The lowest BCUT2D eigenvalue weighted by atomic mass is 10.0. The third kappa shape index (κ3) is 8.39. The van der Waals surface area contributed by atoms with E-state index in [0.29, 0.717) is 16.5 Å². The lowest BCUT2D eigenvalue weighted by molar-refractivity contribution is -0.124. The second kappa shape index (κ2) is 10.6. The SMILES string of the molecule is CCOC(=O)c1c(CC(C)C)csc1NC(=O)CN(C)CC(=O)NC(C)(C)C. The smallest absolute Gasteiger partial charge is 0.341 e. The summed E-state index contributed by atoms with van der Waals surface area (Å²) in [5.41, 5.74) is 0.993. The topological polar surface area (TPSA) is 87.7 Å². The highest BCUT2D eigenvalue weighted by Crippen LogP contribution is 2.30. The third-order valence-corrected chi connectivity index (χ3v) is 4.51. The van der Waals surface area contributed by atoms with Crippen molar-refractivity contribution in [1.29, 1.82) is 0 Å². The number of hydrogen-bond acceptors (Lipinski definition) is 6. The van der Waals surface area contributed by atoms with Gasteiger partial charge in [0.1, 0.15) is 5.00 Å². The molecule has 0 atom stereocenters. The molecule has 8 heteroatoms. The molecule has 0 aromatic carbocycles. The molecule has 0 bridgehead atoms. The molecule has 1 heterocycles. The highest BCUT2D eigenvalue weighted by molar-refractivity contribution is 7.15. The van der Waals surface area contributed by atoms with Gasteiger partial charge in [0.25, 0.3) is 0 Å². The first-order chi connectivity index (χ1) is 12.9. The van der Waals surface area contributed by atoms with E-state index in [4.69, 9.17) is 4.74 Å². The first kappa shape index (κ1) is 24.1.